The van der Waals surface area contributed by atoms with Gasteiger partial charge in [0.15, 0.2) is 5.76 Å². The normalized spacial score (nSPS) is 13.7. The van der Waals surface area contributed by atoms with Gasteiger partial charge in [0.25, 0.3) is 17.7 Å². The maximum absolute atomic E-state index is 13.2. The maximum Gasteiger partial charge on any atom is 0.291 e. The number of hydrogen-bond acceptors (Lipinski definition) is 4. The van der Waals surface area contributed by atoms with Crippen LogP contribution < -0.4 is 5.32 Å². The van der Waals surface area contributed by atoms with Crippen molar-refractivity contribution in [2.45, 2.75) is 0 Å². The van der Waals surface area contributed by atoms with Crippen LogP contribution in [-0.4, -0.2) is 53.7 Å². The van der Waals surface area contributed by atoms with E-state index in [0.717, 1.165) is 6.07 Å². The smallest absolute Gasteiger partial charge is 0.291 e. The molecule has 1 aliphatic rings. The Kier molecular flexibility index (Phi) is 6.23. The zero-order valence-electron chi connectivity index (χ0n) is 16.9. The lowest BCUT2D eigenvalue weighted by molar-refractivity contribution is 0.0535. The number of carbonyl (C=O) groups is 3. The topological polar surface area (TPSA) is 82.9 Å². The molecule has 164 valence electrons. The molecule has 3 amide bonds. The number of nitrogens with one attached hydrogen (secondary N) is 1. The molecule has 32 heavy (non-hydrogen) atoms. The minimum Gasteiger partial charge on any atom is -0.459 e. The summed E-state index contributed by atoms with van der Waals surface area (Å²) in [5.41, 5.74) is 1.12. The molecule has 0 bridgehead atoms. The van der Waals surface area contributed by atoms with Crippen LogP contribution >= 0.6 is 11.6 Å². The molecule has 1 fully saturated rings. The molecular weight excluding hydrogens is 437 g/mol. The quantitative estimate of drug-likeness (QED) is 0.646. The van der Waals surface area contributed by atoms with Crippen LogP contribution in [0.2, 0.25) is 5.02 Å². The van der Waals surface area contributed by atoms with Gasteiger partial charge in [0, 0.05) is 37.4 Å². The molecule has 1 aromatic heterocycles. The molecule has 9 heteroatoms. The average molecular weight is 456 g/mol. The lowest BCUT2D eigenvalue weighted by Crippen LogP contribution is -2.50. The number of anilines is 1. The van der Waals surface area contributed by atoms with Crippen molar-refractivity contribution in [1.29, 1.82) is 0 Å². The summed E-state index contributed by atoms with van der Waals surface area (Å²) >= 11 is 6.00. The molecular formula is C23H19ClFN3O4. The van der Waals surface area contributed by atoms with Crippen molar-refractivity contribution in [3.05, 3.63) is 88.6 Å². The van der Waals surface area contributed by atoms with Crippen LogP contribution in [0.1, 0.15) is 31.3 Å². The Bertz CT molecular complexity index is 1160. The first-order valence-electron chi connectivity index (χ1n) is 9.91. The minimum absolute atomic E-state index is 0.0573. The first-order valence-corrected chi connectivity index (χ1v) is 10.3. The van der Waals surface area contributed by atoms with E-state index in [9.17, 15) is 18.8 Å². The molecule has 4 rings (SSSR count). The summed E-state index contributed by atoms with van der Waals surface area (Å²) in [7, 11) is 0. The highest BCUT2D eigenvalue weighted by Crippen LogP contribution is 2.21. The number of halogens is 2. The second-order valence-corrected chi connectivity index (χ2v) is 7.63. The highest BCUT2D eigenvalue weighted by molar-refractivity contribution is 6.33. The third-order valence-electron chi connectivity index (χ3n) is 5.13. The van der Waals surface area contributed by atoms with E-state index in [-0.39, 0.29) is 28.2 Å². The van der Waals surface area contributed by atoms with Crippen LogP contribution in [0.3, 0.4) is 0 Å². The number of furan rings is 1. The third-order valence-corrected chi connectivity index (χ3v) is 5.44. The number of rotatable bonds is 4. The van der Waals surface area contributed by atoms with E-state index in [1.165, 1.54) is 18.4 Å². The number of benzene rings is 2. The Morgan fingerprint density at radius 3 is 2.28 bits per heavy atom. The monoisotopic (exact) mass is 455 g/mol. The number of carbonyl (C=O) groups excluding carboxylic acids is 3. The molecule has 2 aromatic carbocycles. The molecule has 0 aliphatic carbocycles. The first-order chi connectivity index (χ1) is 15.4. The standard InChI is InChI=1S/C23H19ClFN3O4/c24-19-14-16(25)6-7-18(19)23(31)28-10-8-27(9-11-28)22(30)15-3-1-4-17(13-15)26-21(29)20-5-2-12-32-20/h1-7,12-14H,8-11H2,(H,26,29). The van der Waals surface area contributed by atoms with E-state index >= 15 is 0 Å². The lowest BCUT2D eigenvalue weighted by Gasteiger charge is -2.35. The Morgan fingerprint density at radius 2 is 1.62 bits per heavy atom. The molecule has 0 unspecified atom stereocenters. The second kappa shape index (κ2) is 9.23. The van der Waals surface area contributed by atoms with Crippen molar-refractivity contribution in [2.75, 3.05) is 31.5 Å². The van der Waals surface area contributed by atoms with Gasteiger partial charge in [-0.05, 0) is 48.5 Å². The van der Waals surface area contributed by atoms with Crippen molar-refractivity contribution >= 4 is 35.0 Å². The van der Waals surface area contributed by atoms with E-state index in [0.29, 0.717) is 37.4 Å². The average Bonchev–Trinajstić information content (AvgIpc) is 3.34. The summed E-state index contributed by atoms with van der Waals surface area (Å²) in [6.45, 7) is 1.33. The number of hydrogen-bond donors (Lipinski definition) is 1. The van der Waals surface area contributed by atoms with Gasteiger partial charge in [0.05, 0.1) is 16.8 Å². The highest BCUT2D eigenvalue weighted by Gasteiger charge is 2.26. The summed E-state index contributed by atoms with van der Waals surface area (Å²) in [5.74, 6) is -1.25. The Hall–Kier alpha value is -3.65. The summed E-state index contributed by atoms with van der Waals surface area (Å²) in [4.78, 5) is 41.0. The van der Waals surface area contributed by atoms with Gasteiger partial charge in [0.1, 0.15) is 5.82 Å². The predicted octanol–water partition coefficient (Wildman–Crippen LogP) is 3.92. The fourth-order valence-corrected chi connectivity index (χ4v) is 3.71. The van der Waals surface area contributed by atoms with Gasteiger partial charge in [-0.3, -0.25) is 14.4 Å². The fraction of sp³-hybridized carbons (Fsp3) is 0.174. The van der Waals surface area contributed by atoms with Gasteiger partial charge in [-0.15, -0.1) is 0 Å². The van der Waals surface area contributed by atoms with Crippen LogP contribution in [0.4, 0.5) is 10.1 Å². The largest absolute Gasteiger partial charge is 0.459 e. The van der Waals surface area contributed by atoms with E-state index in [2.05, 4.69) is 5.32 Å². The van der Waals surface area contributed by atoms with E-state index in [1.54, 1.807) is 46.2 Å². The molecule has 1 aliphatic heterocycles. The molecule has 1 N–H and O–H groups in total. The first kappa shape index (κ1) is 21.6. The van der Waals surface area contributed by atoms with E-state index < -0.39 is 11.7 Å². The number of amides is 3. The van der Waals surface area contributed by atoms with Crippen LogP contribution in [-0.2, 0) is 0 Å². The second-order valence-electron chi connectivity index (χ2n) is 7.22. The molecule has 0 atom stereocenters. The Labute approximate surface area is 188 Å². The minimum atomic E-state index is -0.510. The fourth-order valence-electron chi connectivity index (χ4n) is 3.46. The Balaban J connectivity index is 1.38. The molecule has 7 nitrogen and oxygen atoms in total. The highest BCUT2D eigenvalue weighted by atomic mass is 35.5. The summed E-state index contributed by atoms with van der Waals surface area (Å²) in [6, 6.07) is 13.4. The van der Waals surface area contributed by atoms with Crippen molar-refractivity contribution < 1.29 is 23.2 Å². The number of nitrogens with zero attached hydrogens (tertiary/aromatic N) is 2. The van der Waals surface area contributed by atoms with Crippen molar-refractivity contribution in [3.63, 3.8) is 0 Å². The predicted molar refractivity (Wildman–Crippen MR) is 116 cm³/mol. The van der Waals surface area contributed by atoms with Crippen LogP contribution in [0.5, 0.6) is 0 Å². The summed E-state index contributed by atoms with van der Waals surface area (Å²) in [5, 5.41) is 2.75. The van der Waals surface area contributed by atoms with Crippen LogP contribution in [0.25, 0.3) is 0 Å². The summed E-state index contributed by atoms with van der Waals surface area (Å²) < 4.78 is 18.3. The molecule has 0 radical (unpaired) electrons. The van der Waals surface area contributed by atoms with Gasteiger partial charge < -0.3 is 19.5 Å². The van der Waals surface area contributed by atoms with E-state index in [4.69, 9.17) is 16.0 Å². The molecule has 1 saturated heterocycles. The lowest BCUT2D eigenvalue weighted by atomic mass is 10.1. The van der Waals surface area contributed by atoms with Gasteiger partial charge in [-0.25, -0.2) is 4.39 Å². The zero-order chi connectivity index (χ0) is 22.7. The van der Waals surface area contributed by atoms with Gasteiger partial charge in [-0.1, -0.05) is 17.7 Å². The van der Waals surface area contributed by atoms with Crippen molar-refractivity contribution in [3.8, 4) is 0 Å². The zero-order valence-corrected chi connectivity index (χ0v) is 17.6. The van der Waals surface area contributed by atoms with Gasteiger partial charge in [-0.2, -0.15) is 0 Å². The van der Waals surface area contributed by atoms with Crippen LogP contribution in [0.15, 0.2) is 65.3 Å². The Morgan fingerprint density at radius 1 is 0.906 bits per heavy atom. The SMILES string of the molecule is O=C(Nc1cccc(C(=O)N2CCN(C(=O)c3ccc(F)cc3Cl)CC2)c1)c1ccco1. The van der Waals surface area contributed by atoms with Gasteiger partial charge in [0.2, 0.25) is 0 Å². The molecule has 2 heterocycles. The van der Waals surface area contributed by atoms with Crippen molar-refractivity contribution in [2.24, 2.45) is 0 Å². The molecule has 0 spiro atoms. The van der Waals surface area contributed by atoms with Gasteiger partial charge >= 0.3 is 0 Å². The number of piperazine rings is 1. The molecule has 0 saturated carbocycles. The molecule has 3 aromatic rings. The summed E-state index contributed by atoms with van der Waals surface area (Å²) in [6.07, 6.45) is 1.41. The van der Waals surface area contributed by atoms with Crippen molar-refractivity contribution in [1.82, 2.24) is 9.80 Å². The third kappa shape index (κ3) is 4.65. The van der Waals surface area contributed by atoms with E-state index in [1.807, 2.05) is 0 Å². The van der Waals surface area contributed by atoms with Crippen LogP contribution in [0, 0.1) is 5.82 Å². The maximum atomic E-state index is 13.2.